The Kier molecular flexibility index (Phi) is 4.48. The number of para-hydroxylation sites is 1. The van der Waals surface area contributed by atoms with E-state index >= 15 is 0 Å². The molecule has 0 atom stereocenters. The molecule has 4 rings (SSSR count). The summed E-state index contributed by atoms with van der Waals surface area (Å²) in [5.41, 5.74) is 5.09. The third-order valence-electron chi connectivity index (χ3n) is 5.65. The van der Waals surface area contributed by atoms with E-state index in [1.807, 2.05) is 11.0 Å². The second-order valence-corrected chi connectivity index (χ2v) is 7.40. The molecule has 2 aliphatic heterocycles. The van der Waals surface area contributed by atoms with Crippen LogP contribution in [0.4, 0.5) is 11.4 Å². The molecule has 3 heteroatoms. The average molecular weight is 334 g/mol. The molecular formula is C22H26N2O. The molecule has 0 radical (unpaired) electrons. The average Bonchev–Trinajstić information content (AvgIpc) is 2.65. The topological polar surface area (TPSA) is 23.6 Å². The fourth-order valence-corrected chi connectivity index (χ4v) is 4.08. The van der Waals surface area contributed by atoms with Crippen LogP contribution in [-0.2, 0) is 11.2 Å². The molecule has 0 N–H and O–H groups in total. The zero-order valence-corrected chi connectivity index (χ0v) is 14.9. The highest BCUT2D eigenvalue weighted by molar-refractivity contribution is 5.96. The number of amides is 1. The third kappa shape index (κ3) is 3.41. The van der Waals surface area contributed by atoms with Crippen LogP contribution in [0, 0.1) is 12.8 Å². The SMILES string of the molecule is Cc1ccc(N2CCC(CN3C(=O)CCc4ccccc43)CC2)cc1. The molecule has 2 heterocycles. The minimum absolute atomic E-state index is 0.291. The molecule has 2 aromatic carbocycles. The largest absolute Gasteiger partial charge is 0.372 e. The van der Waals surface area contributed by atoms with E-state index in [4.69, 9.17) is 0 Å². The first-order valence-corrected chi connectivity index (χ1v) is 9.40. The van der Waals surface area contributed by atoms with Gasteiger partial charge in [-0.05, 0) is 55.9 Å². The van der Waals surface area contributed by atoms with Crippen LogP contribution in [0.3, 0.4) is 0 Å². The van der Waals surface area contributed by atoms with Gasteiger partial charge in [-0.1, -0.05) is 35.9 Å². The maximum absolute atomic E-state index is 12.5. The van der Waals surface area contributed by atoms with E-state index in [9.17, 15) is 4.79 Å². The standard InChI is InChI=1S/C22H26N2O/c1-17-6-9-20(10-7-17)23-14-12-18(13-15-23)16-24-21-5-3-2-4-19(21)8-11-22(24)25/h2-7,9-10,18H,8,11-16H2,1H3. The number of anilines is 2. The zero-order chi connectivity index (χ0) is 17.2. The number of hydrogen-bond acceptors (Lipinski definition) is 2. The fraction of sp³-hybridized carbons (Fsp3) is 0.409. The molecule has 0 unspecified atom stereocenters. The second kappa shape index (κ2) is 6.91. The smallest absolute Gasteiger partial charge is 0.227 e. The minimum Gasteiger partial charge on any atom is -0.372 e. The molecule has 2 aliphatic rings. The van der Waals surface area contributed by atoms with Gasteiger partial charge in [0, 0.05) is 37.4 Å². The third-order valence-corrected chi connectivity index (χ3v) is 5.65. The zero-order valence-electron chi connectivity index (χ0n) is 14.9. The summed E-state index contributed by atoms with van der Waals surface area (Å²) in [4.78, 5) is 17.0. The molecule has 0 spiro atoms. The van der Waals surface area contributed by atoms with E-state index in [1.54, 1.807) is 0 Å². The molecule has 25 heavy (non-hydrogen) atoms. The molecule has 0 aromatic heterocycles. The number of benzene rings is 2. The first kappa shape index (κ1) is 16.2. The van der Waals surface area contributed by atoms with E-state index in [-0.39, 0.29) is 0 Å². The molecule has 2 aromatic rings. The fourth-order valence-electron chi connectivity index (χ4n) is 4.08. The molecule has 0 saturated carbocycles. The Labute approximate surface area is 150 Å². The van der Waals surface area contributed by atoms with Crippen LogP contribution in [0.25, 0.3) is 0 Å². The first-order chi connectivity index (χ1) is 12.2. The number of rotatable bonds is 3. The Hall–Kier alpha value is -2.29. The summed E-state index contributed by atoms with van der Waals surface area (Å²) in [5, 5.41) is 0. The van der Waals surface area contributed by atoms with Crippen molar-refractivity contribution in [1.82, 2.24) is 0 Å². The Morgan fingerprint density at radius 3 is 2.44 bits per heavy atom. The van der Waals surface area contributed by atoms with Crippen LogP contribution in [-0.4, -0.2) is 25.5 Å². The summed E-state index contributed by atoms with van der Waals surface area (Å²) in [7, 11) is 0. The van der Waals surface area contributed by atoms with E-state index in [0.29, 0.717) is 18.2 Å². The lowest BCUT2D eigenvalue weighted by molar-refractivity contribution is -0.119. The Morgan fingerprint density at radius 1 is 0.960 bits per heavy atom. The van der Waals surface area contributed by atoms with Crippen LogP contribution in [0.2, 0.25) is 0 Å². The van der Waals surface area contributed by atoms with Gasteiger partial charge in [-0.2, -0.15) is 0 Å². The molecule has 0 bridgehead atoms. The quantitative estimate of drug-likeness (QED) is 0.840. The number of carbonyl (C=O) groups excluding carboxylic acids is 1. The summed E-state index contributed by atoms with van der Waals surface area (Å²) < 4.78 is 0. The number of nitrogens with zero attached hydrogens (tertiary/aromatic N) is 2. The first-order valence-electron chi connectivity index (χ1n) is 9.40. The van der Waals surface area contributed by atoms with E-state index in [2.05, 4.69) is 54.3 Å². The molecule has 0 aliphatic carbocycles. The lowest BCUT2D eigenvalue weighted by Gasteiger charge is -2.37. The minimum atomic E-state index is 0.291. The van der Waals surface area contributed by atoms with Crippen molar-refractivity contribution < 1.29 is 4.79 Å². The van der Waals surface area contributed by atoms with Gasteiger partial charge < -0.3 is 9.80 Å². The molecular weight excluding hydrogens is 308 g/mol. The van der Waals surface area contributed by atoms with Crippen LogP contribution in [0.1, 0.15) is 30.4 Å². The number of piperidine rings is 1. The van der Waals surface area contributed by atoms with E-state index < -0.39 is 0 Å². The van der Waals surface area contributed by atoms with Gasteiger partial charge in [-0.3, -0.25) is 4.79 Å². The highest BCUT2D eigenvalue weighted by Crippen LogP contribution is 2.31. The van der Waals surface area contributed by atoms with Gasteiger partial charge in [0.2, 0.25) is 5.91 Å². The van der Waals surface area contributed by atoms with Crippen LogP contribution < -0.4 is 9.80 Å². The number of fused-ring (bicyclic) bond motifs is 1. The Balaban J connectivity index is 1.40. The maximum Gasteiger partial charge on any atom is 0.227 e. The van der Waals surface area contributed by atoms with Gasteiger partial charge in [-0.25, -0.2) is 0 Å². The van der Waals surface area contributed by atoms with Gasteiger partial charge in [-0.15, -0.1) is 0 Å². The van der Waals surface area contributed by atoms with Crippen LogP contribution in [0.5, 0.6) is 0 Å². The van der Waals surface area contributed by atoms with Gasteiger partial charge in [0.25, 0.3) is 0 Å². The van der Waals surface area contributed by atoms with E-state index in [0.717, 1.165) is 44.6 Å². The van der Waals surface area contributed by atoms with Crippen molar-refractivity contribution in [3.05, 3.63) is 59.7 Å². The van der Waals surface area contributed by atoms with Crippen molar-refractivity contribution in [2.24, 2.45) is 5.92 Å². The molecule has 1 saturated heterocycles. The summed E-state index contributed by atoms with van der Waals surface area (Å²) >= 11 is 0. The van der Waals surface area contributed by atoms with Crippen molar-refractivity contribution in [2.75, 3.05) is 29.4 Å². The molecule has 3 nitrogen and oxygen atoms in total. The van der Waals surface area contributed by atoms with Crippen molar-refractivity contribution in [2.45, 2.75) is 32.6 Å². The summed E-state index contributed by atoms with van der Waals surface area (Å²) in [6.07, 6.45) is 3.84. The predicted octanol–water partition coefficient (Wildman–Crippen LogP) is 4.19. The molecule has 130 valence electrons. The van der Waals surface area contributed by atoms with Gasteiger partial charge in [0.15, 0.2) is 0 Å². The summed E-state index contributed by atoms with van der Waals surface area (Å²) in [6.45, 7) is 5.16. The lowest BCUT2D eigenvalue weighted by Crippen LogP contribution is -2.42. The number of aryl methyl sites for hydroxylation is 2. The van der Waals surface area contributed by atoms with Gasteiger partial charge in [0.1, 0.15) is 0 Å². The normalized spacial score (nSPS) is 18.4. The van der Waals surface area contributed by atoms with Crippen molar-refractivity contribution in [3.8, 4) is 0 Å². The van der Waals surface area contributed by atoms with Crippen LogP contribution >= 0.6 is 0 Å². The predicted molar refractivity (Wildman–Crippen MR) is 103 cm³/mol. The van der Waals surface area contributed by atoms with Crippen molar-refractivity contribution in [3.63, 3.8) is 0 Å². The van der Waals surface area contributed by atoms with Crippen LogP contribution in [0.15, 0.2) is 48.5 Å². The van der Waals surface area contributed by atoms with Crippen molar-refractivity contribution in [1.29, 1.82) is 0 Å². The second-order valence-electron chi connectivity index (χ2n) is 7.40. The lowest BCUT2D eigenvalue weighted by atomic mass is 9.93. The monoisotopic (exact) mass is 334 g/mol. The summed E-state index contributed by atoms with van der Waals surface area (Å²) in [5.74, 6) is 0.886. The Bertz CT molecular complexity index is 745. The number of hydrogen-bond donors (Lipinski definition) is 0. The number of carbonyl (C=O) groups is 1. The van der Waals surface area contributed by atoms with Gasteiger partial charge >= 0.3 is 0 Å². The Morgan fingerprint density at radius 2 is 1.68 bits per heavy atom. The maximum atomic E-state index is 12.5. The molecule has 1 amide bonds. The van der Waals surface area contributed by atoms with Gasteiger partial charge in [0.05, 0.1) is 0 Å². The highest BCUT2D eigenvalue weighted by atomic mass is 16.2. The highest BCUT2D eigenvalue weighted by Gasteiger charge is 2.28. The van der Waals surface area contributed by atoms with E-state index in [1.165, 1.54) is 16.8 Å². The van der Waals surface area contributed by atoms with Crippen molar-refractivity contribution >= 4 is 17.3 Å². The molecule has 1 fully saturated rings. The summed E-state index contributed by atoms with van der Waals surface area (Å²) in [6, 6.07) is 17.2.